The number of amides is 1. The van der Waals surface area contributed by atoms with Crippen LogP contribution in [0.3, 0.4) is 0 Å². The van der Waals surface area contributed by atoms with Gasteiger partial charge in [0.05, 0.1) is 14.2 Å². The molecule has 9 heteroatoms. The number of ether oxygens (including phenoxy) is 3. The van der Waals surface area contributed by atoms with Gasteiger partial charge in [-0.1, -0.05) is 6.07 Å². The van der Waals surface area contributed by atoms with Crippen molar-refractivity contribution in [1.29, 1.82) is 0 Å². The zero-order chi connectivity index (χ0) is 24.1. The number of fused-ring (bicyclic) bond motifs is 1. The average molecular weight is 483 g/mol. The molecule has 1 aliphatic rings. The normalized spacial score (nSPS) is 12.5. The molecule has 178 valence electrons. The van der Waals surface area contributed by atoms with Crippen LogP contribution in [0, 0.1) is 0 Å². The fraction of sp³-hybridized carbons (Fsp3) is 0.240. The molecule has 3 aromatic carbocycles. The topological polar surface area (TPSA) is 103 Å². The van der Waals surface area contributed by atoms with Crippen molar-refractivity contribution in [3.8, 4) is 17.2 Å². The molecular weight excluding hydrogens is 456 g/mol. The number of methoxy groups -OCH3 is 2. The highest BCUT2D eigenvalue weighted by Gasteiger charge is 2.21. The molecular formula is C25H26N2O6S. The molecule has 0 aliphatic heterocycles. The predicted molar refractivity (Wildman–Crippen MR) is 129 cm³/mol. The van der Waals surface area contributed by atoms with Gasteiger partial charge in [-0.2, -0.15) is 0 Å². The summed E-state index contributed by atoms with van der Waals surface area (Å²) in [6.45, 7) is -0.197. The van der Waals surface area contributed by atoms with Gasteiger partial charge in [-0.05, 0) is 85.0 Å². The number of rotatable bonds is 9. The maximum Gasteiger partial charge on any atom is 0.265 e. The fourth-order valence-electron chi connectivity index (χ4n) is 3.82. The first kappa shape index (κ1) is 23.4. The number of aryl methyl sites for hydroxylation is 2. The predicted octanol–water partition coefficient (Wildman–Crippen LogP) is 4.01. The molecule has 0 saturated carbocycles. The van der Waals surface area contributed by atoms with Gasteiger partial charge in [0.1, 0.15) is 22.1 Å². The van der Waals surface area contributed by atoms with E-state index >= 15 is 0 Å². The third-order valence-corrected chi connectivity index (χ3v) is 6.92. The molecule has 1 amide bonds. The summed E-state index contributed by atoms with van der Waals surface area (Å²) < 4.78 is 44.5. The van der Waals surface area contributed by atoms with Crippen LogP contribution in [-0.4, -0.2) is 35.2 Å². The molecule has 0 atom stereocenters. The van der Waals surface area contributed by atoms with E-state index in [4.69, 9.17) is 14.2 Å². The van der Waals surface area contributed by atoms with Gasteiger partial charge in [-0.15, -0.1) is 0 Å². The van der Waals surface area contributed by atoms with Crippen molar-refractivity contribution in [3.05, 3.63) is 71.8 Å². The Bertz CT molecular complexity index is 1290. The molecule has 3 aromatic rings. The van der Waals surface area contributed by atoms with E-state index in [1.165, 1.54) is 37.5 Å². The quantitative estimate of drug-likeness (QED) is 0.478. The summed E-state index contributed by atoms with van der Waals surface area (Å²) in [7, 11) is -1.09. The minimum absolute atomic E-state index is 0.108. The van der Waals surface area contributed by atoms with Gasteiger partial charge in [-0.3, -0.25) is 9.52 Å². The zero-order valence-electron chi connectivity index (χ0n) is 19.0. The Balaban J connectivity index is 1.45. The SMILES string of the molecule is COc1ccc(NS(=O)(=O)c2cc(NC(=O)COc3ccc4c(c3)CCC4)ccc2OC)cc1. The minimum atomic E-state index is -3.99. The van der Waals surface area contributed by atoms with Gasteiger partial charge in [-0.25, -0.2) is 8.42 Å². The van der Waals surface area contributed by atoms with Crippen LogP contribution in [0.5, 0.6) is 17.2 Å². The molecule has 2 N–H and O–H groups in total. The lowest BCUT2D eigenvalue weighted by atomic mass is 10.1. The van der Waals surface area contributed by atoms with E-state index < -0.39 is 15.9 Å². The van der Waals surface area contributed by atoms with Crippen LogP contribution in [0.15, 0.2) is 65.6 Å². The van der Waals surface area contributed by atoms with Crippen molar-refractivity contribution in [3.63, 3.8) is 0 Å². The molecule has 0 unspecified atom stereocenters. The van der Waals surface area contributed by atoms with Crippen molar-refractivity contribution < 1.29 is 27.4 Å². The van der Waals surface area contributed by atoms with Crippen molar-refractivity contribution in [2.24, 2.45) is 0 Å². The lowest BCUT2D eigenvalue weighted by molar-refractivity contribution is -0.118. The van der Waals surface area contributed by atoms with Crippen LogP contribution in [0.1, 0.15) is 17.5 Å². The summed E-state index contributed by atoms with van der Waals surface area (Å²) in [4.78, 5) is 12.3. The number of benzene rings is 3. The van der Waals surface area contributed by atoms with E-state index in [0.717, 1.165) is 19.3 Å². The third-order valence-electron chi connectivity index (χ3n) is 5.52. The standard InChI is InChI=1S/C25H26N2O6S/c1-31-21-11-7-19(8-12-21)27-34(29,30)24-15-20(9-13-23(24)32-2)26-25(28)16-33-22-10-6-17-4-3-5-18(17)14-22/h6-15,27H,3-5,16H2,1-2H3,(H,26,28). The monoisotopic (exact) mass is 482 g/mol. The Labute approximate surface area is 198 Å². The van der Waals surface area contributed by atoms with Gasteiger partial charge in [0.15, 0.2) is 6.61 Å². The Morgan fingerprint density at radius 2 is 1.56 bits per heavy atom. The van der Waals surface area contributed by atoms with Crippen LogP contribution < -0.4 is 24.2 Å². The van der Waals surface area contributed by atoms with Crippen molar-refractivity contribution >= 4 is 27.3 Å². The Morgan fingerprint density at radius 1 is 0.853 bits per heavy atom. The van der Waals surface area contributed by atoms with Crippen LogP contribution in [0.2, 0.25) is 0 Å². The zero-order valence-corrected chi connectivity index (χ0v) is 19.8. The molecule has 0 aromatic heterocycles. The molecule has 0 bridgehead atoms. The maximum absolute atomic E-state index is 13.0. The summed E-state index contributed by atoms with van der Waals surface area (Å²) in [5.74, 6) is 0.982. The van der Waals surface area contributed by atoms with E-state index in [9.17, 15) is 13.2 Å². The summed E-state index contributed by atoms with van der Waals surface area (Å²) in [6.07, 6.45) is 3.23. The van der Waals surface area contributed by atoms with Crippen molar-refractivity contribution in [2.45, 2.75) is 24.2 Å². The van der Waals surface area contributed by atoms with Crippen LogP contribution in [-0.2, 0) is 27.7 Å². The number of carbonyl (C=O) groups is 1. The van der Waals surface area contributed by atoms with E-state index in [-0.39, 0.29) is 17.3 Å². The number of nitrogens with one attached hydrogen (secondary N) is 2. The summed E-state index contributed by atoms with van der Waals surface area (Å²) in [6, 6.07) is 16.7. The van der Waals surface area contributed by atoms with Gasteiger partial charge >= 0.3 is 0 Å². The number of carbonyl (C=O) groups excluding carboxylic acids is 1. The highest BCUT2D eigenvalue weighted by atomic mass is 32.2. The molecule has 0 spiro atoms. The van der Waals surface area contributed by atoms with E-state index in [1.54, 1.807) is 30.3 Å². The molecule has 4 rings (SSSR count). The second-order valence-corrected chi connectivity index (χ2v) is 9.47. The second-order valence-electron chi connectivity index (χ2n) is 7.82. The molecule has 1 aliphatic carbocycles. The minimum Gasteiger partial charge on any atom is -0.497 e. The van der Waals surface area contributed by atoms with E-state index in [2.05, 4.69) is 10.0 Å². The Kier molecular flexibility index (Phi) is 6.93. The lowest BCUT2D eigenvalue weighted by Crippen LogP contribution is -2.21. The Hall–Kier alpha value is -3.72. The molecule has 0 fully saturated rings. The first-order valence-electron chi connectivity index (χ1n) is 10.8. The number of anilines is 2. The Morgan fingerprint density at radius 3 is 2.29 bits per heavy atom. The van der Waals surface area contributed by atoms with Gasteiger partial charge in [0, 0.05) is 11.4 Å². The molecule has 0 radical (unpaired) electrons. The first-order chi connectivity index (χ1) is 16.4. The fourth-order valence-corrected chi connectivity index (χ4v) is 5.07. The maximum atomic E-state index is 13.0. The molecule has 0 saturated heterocycles. The summed E-state index contributed by atoms with van der Waals surface area (Å²) in [5, 5.41) is 2.68. The van der Waals surface area contributed by atoms with E-state index in [1.807, 2.05) is 18.2 Å². The molecule has 8 nitrogen and oxygen atoms in total. The van der Waals surface area contributed by atoms with Crippen LogP contribution in [0.4, 0.5) is 11.4 Å². The first-order valence-corrected chi connectivity index (χ1v) is 12.3. The largest absolute Gasteiger partial charge is 0.497 e. The highest BCUT2D eigenvalue weighted by molar-refractivity contribution is 7.92. The third kappa shape index (κ3) is 5.43. The van der Waals surface area contributed by atoms with Gasteiger partial charge in [0.2, 0.25) is 0 Å². The summed E-state index contributed by atoms with van der Waals surface area (Å²) >= 11 is 0. The van der Waals surface area contributed by atoms with E-state index in [0.29, 0.717) is 22.9 Å². The molecule has 0 heterocycles. The van der Waals surface area contributed by atoms with Crippen molar-refractivity contribution in [2.75, 3.05) is 30.9 Å². The van der Waals surface area contributed by atoms with Crippen LogP contribution >= 0.6 is 0 Å². The molecule has 34 heavy (non-hydrogen) atoms. The number of hydrogen-bond donors (Lipinski definition) is 2. The average Bonchev–Trinajstić information content (AvgIpc) is 3.31. The smallest absolute Gasteiger partial charge is 0.265 e. The lowest BCUT2D eigenvalue weighted by Gasteiger charge is -2.14. The van der Waals surface area contributed by atoms with Gasteiger partial charge < -0.3 is 19.5 Å². The second kappa shape index (κ2) is 10.0. The van der Waals surface area contributed by atoms with Crippen LogP contribution in [0.25, 0.3) is 0 Å². The van der Waals surface area contributed by atoms with Crippen molar-refractivity contribution in [1.82, 2.24) is 0 Å². The van der Waals surface area contributed by atoms with Gasteiger partial charge in [0.25, 0.3) is 15.9 Å². The number of sulfonamides is 1. The number of hydrogen-bond acceptors (Lipinski definition) is 6. The highest BCUT2D eigenvalue weighted by Crippen LogP contribution is 2.30. The summed E-state index contributed by atoms with van der Waals surface area (Å²) in [5.41, 5.74) is 3.25.